The summed E-state index contributed by atoms with van der Waals surface area (Å²) in [6.07, 6.45) is 67.7. The predicted octanol–water partition coefficient (Wildman–Crippen LogP) is 14.0. The lowest BCUT2D eigenvalue weighted by molar-refractivity contribution is -0.305. The molecule has 1 fully saturated rings. The van der Waals surface area contributed by atoms with Gasteiger partial charge < -0.3 is 39.4 Å². The number of hydrogen-bond acceptors (Lipinski definition) is 9. The van der Waals surface area contributed by atoms with Crippen molar-refractivity contribution in [3.05, 3.63) is 134 Å². The van der Waals surface area contributed by atoms with Crippen LogP contribution in [0.3, 0.4) is 0 Å². The van der Waals surface area contributed by atoms with Crippen LogP contribution in [0.1, 0.15) is 181 Å². The van der Waals surface area contributed by atoms with Crippen LogP contribution in [0.2, 0.25) is 0 Å². The standard InChI is InChI=1S/C61H98O9/c1-3-5-7-9-11-13-15-17-19-21-23-25-26-27-28-29-31-33-35-37-39-41-43-45-47-49-51-67-53-55(54-68-61-60(66)59(65)58(64)56(52-62)70-61)69-57(63)50-48-46-44-42-40-38-36-34-32-30-24-22-20-18-16-14-12-10-8-6-4-2/h5-8,11-14,17-20,23-25,27-28,30-31,33-34,36,55-56,58-62,64-66H,3-4,9-10,15-16,21-22,26,29,32,35,37-54H2,1-2H3/b7-5-,8-6-,13-11-,14-12-,19-17-,20-18-,25-23-,28-27-,30-24-,33-31-,36-34-. The summed E-state index contributed by atoms with van der Waals surface area (Å²) >= 11 is 0. The first-order chi connectivity index (χ1) is 34.4. The highest BCUT2D eigenvalue weighted by atomic mass is 16.7. The van der Waals surface area contributed by atoms with E-state index >= 15 is 0 Å². The van der Waals surface area contributed by atoms with E-state index in [0.29, 0.717) is 6.61 Å². The molecule has 1 aliphatic heterocycles. The molecular weight excluding hydrogens is 877 g/mol. The molecule has 0 aromatic carbocycles. The van der Waals surface area contributed by atoms with Gasteiger partial charge in [-0.2, -0.15) is 0 Å². The number of aliphatic hydroxyl groups excluding tert-OH is 4. The van der Waals surface area contributed by atoms with E-state index in [1.165, 1.54) is 25.7 Å². The van der Waals surface area contributed by atoms with E-state index < -0.39 is 43.4 Å². The van der Waals surface area contributed by atoms with Crippen LogP contribution in [-0.4, -0.2) is 89.6 Å². The predicted molar refractivity (Wildman–Crippen MR) is 292 cm³/mol. The highest BCUT2D eigenvalue weighted by molar-refractivity contribution is 5.69. The van der Waals surface area contributed by atoms with Crippen molar-refractivity contribution in [2.45, 2.75) is 218 Å². The SMILES string of the molecule is CC/C=C\C/C=C\C/C=C\C/C=C\C/C=C\C/C=C\CCCCCCCCCOCC(COC1OC(CO)C(O)C(O)C1O)OC(=O)CCCCCCC/C=C\C/C=C\C/C=C\C/C=C\C/C=C\CC. The minimum Gasteiger partial charge on any atom is -0.457 e. The molecule has 0 amide bonds. The van der Waals surface area contributed by atoms with Gasteiger partial charge in [0, 0.05) is 13.0 Å². The van der Waals surface area contributed by atoms with E-state index in [1.807, 2.05) is 0 Å². The fraction of sp³-hybridized carbons (Fsp3) is 0.623. The molecule has 9 heteroatoms. The molecule has 1 aliphatic rings. The number of carbonyl (C=O) groups excluding carboxylic acids is 1. The Labute approximate surface area is 426 Å². The molecule has 1 heterocycles. The van der Waals surface area contributed by atoms with E-state index in [0.717, 1.165) is 135 Å². The van der Waals surface area contributed by atoms with Crippen molar-refractivity contribution in [1.29, 1.82) is 0 Å². The second kappa shape index (κ2) is 50.3. The van der Waals surface area contributed by atoms with Crippen LogP contribution in [0.5, 0.6) is 0 Å². The van der Waals surface area contributed by atoms with Gasteiger partial charge in [0.2, 0.25) is 0 Å². The molecule has 396 valence electrons. The van der Waals surface area contributed by atoms with Gasteiger partial charge in [0.15, 0.2) is 6.29 Å². The van der Waals surface area contributed by atoms with Crippen LogP contribution in [0.25, 0.3) is 0 Å². The Bertz CT molecular complexity index is 1530. The third-order valence-corrected chi connectivity index (χ3v) is 11.6. The summed E-state index contributed by atoms with van der Waals surface area (Å²) in [5, 5.41) is 40.3. The highest BCUT2D eigenvalue weighted by Gasteiger charge is 2.44. The third-order valence-electron chi connectivity index (χ3n) is 11.6. The minimum absolute atomic E-state index is 0.119. The van der Waals surface area contributed by atoms with Crippen LogP contribution in [-0.2, 0) is 23.7 Å². The lowest BCUT2D eigenvalue weighted by Crippen LogP contribution is -2.59. The summed E-state index contributed by atoms with van der Waals surface area (Å²) in [5.41, 5.74) is 0. The Morgan fingerprint density at radius 2 is 0.829 bits per heavy atom. The second-order valence-electron chi connectivity index (χ2n) is 17.9. The van der Waals surface area contributed by atoms with E-state index in [2.05, 4.69) is 148 Å². The van der Waals surface area contributed by atoms with Gasteiger partial charge in [-0.05, 0) is 109 Å². The van der Waals surface area contributed by atoms with Crippen LogP contribution in [0, 0.1) is 0 Å². The summed E-state index contributed by atoms with van der Waals surface area (Å²) in [5.74, 6) is -0.342. The van der Waals surface area contributed by atoms with Crippen LogP contribution in [0.4, 0.5) is 0 Å². The van der Waals surface area contributed by atoms with Gasteiger partial charge in [0.25, 0.3) is 0 Å². The topological polar surface area (TPSA) is 135 Å². The molecular formula is C61H98O9. The van der Waals surface area contributed by atoms with Gasteiger partial charge >= 0.3 is 5.97 Å². The first-order valence-electron chi connectivity index (χ1n) is 27.3. The number of ether oxygens (including phenoxy) is 4. The Kier molecular flexibility index (Phi) is 46.2. The number of hydrogen-bond donors (Lipinski definition) is 4. The number of carbonyl (C=O) groups is 1. The van der Waals surface area contributed by atoms with E-state index in [1.54, 1.807) is 0 Å². The first-order valence-corrected chi connectivity index (χ1v) is 27.3. The van der Waals surface area contributed by atoms with Crippen molar-refractivity contribution in [3.8, 4) is 0 Å². The van der Waals surface area contributed by atoms with Crippen LogP contribution >= 0.6 is 0 Å². The fourth-order valence-corrected chi connectivity index (χ4v) is 7.40. The molecule has 0 aromatic rings. The first kappa shape index (κ1) is 64.3. The molecule has 0 spiro atoms. The van der Waals surface area contributed by atoms with Crippen molar-refractivity contribution in [3.63, 3.8) is 0 Å². The van der Waals surface area contributed by atoms with Crippen LogP contribution < -0.4 is 0 Å². The average Bonchev–Trinajstić information content (AvgIpc) is 3.36. The Hall–Kier alpha value is -3.67. The molecule has 0 saturated carbocycles. The van der Waals surface area contributed by atoms with Crippen molar-refractivity contribution in [2.24, 2.45) is 0 Å². The maximum atomic E-state index is 12.9. The Morgan fingerprint density at radius 1 is 0.457 bits per heavy atom. The second-order valence-corrected chi connectivity index (χ2v) is 17.9. The molecule has 0 bridgehead atoms. The number of allylic oxidation sites excluding steroid dienone is 22. The lowest BCUT2D eigenvalue weighted by atomic mass is 9.99. The molecule has 6 unspecified atom stereocenters. The molecule has 0 aromatic heterocycles. The smallest absolute Gasteiger partial charge is 0.306 e. The number of unbranched alkanes of at least 4 members (excludes halogenated alkanes) is 12. The molecule has 9 nitrogen and oxygen atoms in total. The molecule has 70 heavy (non-hydrogen) atoms. The molecule has 1 saturated heterocycles. The summed E-state index contributed by atoms with van der Waals surface area (Å²) in [6, 6.07) is 0. The largest absolute Gasteiger partial charge is 0.457 e. The van der Waals surface area contributed by atoms with Crippen molar-refractivity contribution < 1.29 is 44.2 Å². The number of rotatable bonds is 45. The maximum Gasteiger partial charge on any atom is 0.306 e. The van der Waals surface area contributed by atoms with Crippen molar-refractivity contribution in [2.75, 3.05) is 26.4 Å². The monoisotopic (exact) mass is 975 g/mol. The van der Waals surface area contributed by atoms with Gasteiger partial charge in [-0.1, -0.05) is 199 Å². The van der Waals surface area contributed by atoms with Gasteiger partial charge in [-0.15, -0.1) is 0 Å². The number of esters is 1. The third kappa shape index (κ3) is 40.0. The summed E-state index contributed by atoms with van der Waals surface area (Å²) in [6.45, 7) is 4.26. The molecule has 4 N–H and O–H groups in total. The Morgan fingerprint density at radius 3 is 1.24 bits per heavy atom. The van der Waals surface area contributed by atoms with Gasteiger partial charge in [0.05, 0.1) is 19.8 Å². The summed E-state index contributed by atoms with van der Waals surface area (Å²) in [7, 11) is 0. The molecule has 0 aliphatic carbocycles. The maximum absolute atomic E-state index is 12.9. The van der Waals surface area contributed by atoms with E-state index in [9.17, 15) is 25.2 Å². The lowest BCUT2D eigenvalue weighted by Gasteiger charge is -2.39. The fourth-order valence-electron chi connectivity index (χ4n) is 7.40. The Balaban J connectivity index is 2.23. The highest BCUT2D eigenvalue weighted by Crippen LogP contribution is 2.22. The van der Waals surface area contributed by atoms with Crippen LogP contribution in [0.15, 0.2) is 134 Å². The number of aliphatic hydroxyl groups is 4. The summed E-state index contributed by atoms with van der Waals surface area (Å²) in [4.78, 5) is 12.9. The van der Waals surface area contributed by atoms with Gasteiger partial charge in [-0.3, -0.25) is 4.79 Å². The zero-order valence-corrected chi connectivity index (χ0v) is 43.7. The normalized spacial score (nSPS) is 20.0. The zero-order valence-electron chi connectivity index (χ0n) is 43.7. The van der Waals surface area contributed by atoms with Crippen molar-refractivity contribution >= 4 is 5.97 Å². The quantitative estimate of drug-likeness (QED) is 0.0267. The van der Waals surface area contributed by atoms with Gasteiger partial charge in [0.1, 0.15) is 30.5 Å². The van der Waals surface area contributed by atoms with Crippen molar-refractivity contribution in [1.82, 2.24) is 0 Å². The molecule has 6 atom stereocenters. The molecule has 1 rings (SSSR count). The van der Waals surface area contributed by atoms with Gasteiger partial charge in [-0.25, -0.2) is 0 Å². The summed E-state index contributed by atoms with van der Waals surface area (Å²) < 4.78 is 22.9. The average molecular weight is 975 g/mol. The zero-order chi connectivity index (χ0) is 50.6. The molecule has 0 radical (unpaired) electrons. The van der Waals surface area contributed by atoms with E-state index in [-0.39, 0.29) is 25.6 Å². The minimum atomic E-state index is -1.55. The van der Waals surface area contributed by atoms with E-state index in [4.69, 9.17) is 18.9 Å².